The SMILES string of the molecule is C[C@H](O)CC(C)(C)CNC(=O)NCc1cccc(-n2ccnc2)c1. The van der Waals surface area contributed by atoms with Crippen LogP contribution in [0.2, 0.25) is 0 Å². The monoisotopic (exact) mass is 330 g/mol. The van der Waals surface area contributed by atoms with Gasteiger partial charge in [-0.25, -0.2) is 9.78 Å². The van der Waals surface area contributed by atoms with Gasteiger partial charge in [0.1, 0.15) is 0 Å². The van der Waals surface area contributed by atoms with E-state index in [1.54, 1.807) is 19.4 Å². The van der Waals surface area contributed by atoms with Gasteiger partial charge in [0.15, 0.2) is 0 Å². The molecule has 1 atom stereocenters. The van der Waals surface area contributed by atoms with E-state index in [1.807, 2.05) is 48.9 Å². The van der Waals surface area contributed by atoms with Crippen molar-refractivity contribution in [2.75, 3.05) is 6.54 Å². The minimum absolute atomic E-state index is 0.146. The van der Waals surface area contributed by atoms with Crippen molar-refractivity contribution < 1.29 is 9.90 Å². The molecule has 1 heterocycles. The van der Waals surface area contributed by atoms with Gasteiger partial charge in [0, 0.05) is 31.2 Å². The van der Waals surface area contributed by atoms with E-state index in [0.717, 1.165) is 11.3 Å². The first-order chi connectivity index (χ1) is 11.4. The highest BCUT2D eigenvalue weighted by Crippen LogP contribution is 2.20. The Morgan fingerprint density at radius 3 is 2.83 bits per heavy atom. The van der Waals surface area contributed by atoms with Gasteiger partial charge < -0.3 is 20.3 Å². The van der Waals surface area contributed by atoms with E-state index < -0.39 is 0 Å². The van der Waals surface area contributed by atoms with Crippen molar-refractivity contribution in [3.63, 3.8) is 0 Å². The van der Waals surface area contributed by atoms with Crippen LogP contribution in [0.25, 0.3) is 5.69 Å². The smallest absolute Gasteiger partial charge is 0.315 e. The van der Waals surface area contributed by atoms with Crippen LogP contribution in [0.1, 0.15) is 32.8 Å². The summed E-state index contributed by atoms with van der Waals surface area (Å²) in [5, 5.41) is 15.2. The summed E-state index contributed by atoms with van der Waals surface area (Å²) in [6.45, 7) is 6.77. The minimum Gasteiger partial charge on any atom is -0.393 e. The van der Waals surface area contributed by atoms with E-state index in [-0.39, 0.29) is 17.6 Å². The third-order valence-electron chi connectivity index (χ3n) is 3.74. The lowest BCUT2D eigenvalue weighted by atomic mass is 9.87. The second-order valence-corrected chi connectivity index (χ2v) is 6.89. The predicted molar refractivity (Wildman–Crippen MR) is 93.9 cm³/mol. The van der Waals surface area contributed by atoms with Crippen LogP contribution in [0.4, 0.5) is 4.79 Å². The highest BCUT2D eigenvalue weighted by atomic mass is 16.3. The number of amides is 2. The zero-order valence-electron chi connectivity index (χ0n) is 14.5. The van der Waals surface area contributed by atoms with Crippen molar-refractivity contribution >= 4 is 6.03 Å². The number of rotatable bonds is 7. The lowest BCUT2D eigenvalue weighted by molar-refractivity contribution is 0.129. The van der Waals surface area contributed by atoms with E-state index in [2.05, 4.69) is 15.6 Å². The fraction of sp³-hybridized carbons (Fsp3) is 0.444. The molecular weight excluding hydrogens is 304 g/mol. The van der Waals surface area contributed by atoms with Gasteiger partial charge in [-0.2, -0.15) is 0 Å². The van der Waals surface area contributed by atoms with Gasteiger partial charge in [0.25, 0.3) is 0 Å². The normalized spacial score (nSPS) is 12.7. The maximum atomic E-state index is 12.0. The Morgan fingerprint density at radius 1 is 1.38 bits per heavy atom. The van der Waals surface area contributed by atoms with Gasteiger partial charge in [-0.1, -0.05) is 26.0 Å². The third-order valence-corrected chi connectivity index (χ3v) is 3.74. The molecule has 3 N–H and O–H groups in total. The first kappa shape index (κ1) is 18.0. The predicted octanol–water partition coefficient (Wildman–Crippen LogP) is 2.47. The summed E-state index contributed by atoms with van der Waals surface area (Å²) < 4.78 is 1.92. The van der Waals surface area contributed by atoms with Crippen molar-refractivity contribution in [3.8, 4) is 5.69 Å². The van der Waals surface area contributed by atoms with Crippen LogP contribution in [0.3, 0.4) is 0 Å². The van der Waals surface area contributed by atoms with Gasteiger partial charge in [-0.05, 0) is 36.5 Å². The number of aliphatic hydroxyl groups excluding tert-OH is 1. The fourth-order valence-electron chi connectivity index (χ4n) is 2.68. The Bertz CT molecular complexity index is 651. The molecule has 0 unspecified atom stereocenters. The lowest BCUT2D eigenvalue weighted by Crippen LogP contribution is -2.41. The van der Waals surface area contributed by atoms with Crippen LogP contribution in [-0.4, -0.2) is 33.3 Å². The summed E-state index contributed by atoms with van der Waals surface area (Å²) in [5.74, 6) is 0. The molecule has 6 nitrogen and oxygen atoms in total. The number of nitrogens with one attached hydrogen (secondary N) is 2. The summed E-state index contributed by atoms with van der Waals surface area (Å²) in [5.41, 5.74) is 1.87. The van der Waals surface area contributed by atoms with Crippen molar-refractivity contribution in [3.05, 3.63) is 48.5 Å². The maximum Gasteiger partial charge on any atom is 0.315 e. The summed E-state index contributed by atoms with van der Waals surface area (Å²) >= 11 is 0. The Labute approximate surface area is 142 Å². The number of aliphatic hydroxyl groups is 1. The first-order valence-electron chi connectivity index (χ1n) is 8.13. The molecule has 0 saturated heterocycles. The highest BCUT2D eigenvalue weighted by molar-refractivity contribution is 5.73. The zero-order chi connectivity index (χ0) is 17.6. The molecule has 130 valence electrons. The number of hydrogen-bond donors (Lipinski definition) is 3. The summed E-state index contributed by atoms with van der Waals surface area (Å²) in [6, 6.07) is 7.72. The zero-order valence-corrected chi connectivity index (χ0v) is 14.5. The quantitative estimate of drug-likeness (QED) is 0.730. The molecule has 1 aromatic heterocycles. The number of nitrogens with zero attached hydrogens (tertiary/aromatic N) is 2. The highest BCUT2D eigenvalue weighted by Gasteiger charge is 2.20. The Balaban J connectivity index is 1.83. The molecule has 1 aromatic carbocycles. The second kappa shape index (κ2) is 7.97. The molecule has 0 aliphatic carbocycles. The molecule has 2 amide bonds. The molecule has 2 aromatic rings. The molecule has 0 aliphatic heterocycles. The Morgan fingerprint density at radius 2 is 2.17 bits per heavy atom. The average molecular weight is 330 g/mol. The van der Waals surface area contributed by atoms with Crippen molar-refractivity contribution in [1.82, 2.24) is 20.2 Å². The number of benzene rings is 1. The third kappa shape index (κ3) is 5.70. The van der Waals surface area contributed by atoms with Crippen molar-refractivity contribution in [2.24, 2.45) is 5.41 Å². The van der Waals surface area contributed by atoms with Crippen molar-refractivity contribution in [2.45, 2.75) is 39.8 Å². The van der Waals surface area contributed by atoms with E-state index in [4.69, 9.17) is 0 Å². The Kier molecular flexibility index (Phi) is 5.98. The molecule has 0 spiro atoms. The van der Waals surface area contributed by atoms with Gasteiger partial charge in [0.05, 0.1) is 12.4 Å². The average Bonchev–Trinajstić information content (AvgIpc) is 3.04. The molecule has 6 heteroatoms. The number of aromatic nitrogens is 2. The number of urea groups is 1. The molecule has 0 saturated carbocycles. The largest absolute Gasteiger partial charge is 0.393 e. The van der Waals surface area contributed by atoms with Crippen LogP contribution >= 0.6 is 0 Å². The van der Waals surface area contributed by atoms with E-state index in [9.17, 15) is 9.90 Å². The summed E-state index contributed by atoms with van der Waals surface area (Å²) in [7, 11) is 0. The van der Waals surface area contributed by atoms with Crippen LogP contribution < -0.4 is 10.6 Å². The standard InChI is InChI=1S/C18H26N4O2/c1-14(23)10-18(2,3)12-21-17(24)20-11-15-5-4-6-16(9-15)22-8-7-19-13-22/h4-9,13-14,23H,10-12H2,1-3H3,(H2,20,21,24)/t14-/m0/s1. The first-order valence-corrected chi connectivity index (χ1v) is 8.13. The maximum absolute atomic E-state index is 12.0. The summed E-state index contributed by atoms with van der Waals surface area (Å²) in [6.07, 6.45) is 5.61. The van der Waals surface area contributed by atoms with Gasteiger partial charge in [-0.3, -0.25) is 0 Å². The lowest BCUT2D eigenvalue weighted by Gasteiger charge is -2.26. The van der Waals surface area contributed by atoms with Crippen molar-refractivity contribution in [1.29, 1.82) is 0 Å². The van der Waals surface area contributed by atoms with E-state index >= 15 is 0 Å². The second-order valence-electron chi connectivity index (χ2n) is 6.89. The topological polar surface area (TPSA) is 79.2 Å². The number of hydrogen-bond acceptors (Lipinski definition) is 3. The molecule has 0 radical (unpaired) electrons. The van der Waals surface area contributed by atoms with Crippen LogP contribution in [-0.2, 0) is 6.54 Å². The van der Waals surface area contributed by atoms with Gasteiger partial charge in [0.2, 0.25) is 0 Å². The molecule has 0 fully saturated rings. The van der Waals surface area contributed by atoms with Gasteiger partial charge >= 0.3 is 6.03 Å². The number of carbonyl (C=O) groups is 1. The summed E-state index contributed by atoms with van der Waals surface area (Å²) in [4.78, 5) is 16.0. The number of carbonyl (C=O) groups excluding carboxylic acids is 1. The van der Waals surface area contributed by atoms with Crippen LogP contribution in [0.15, 0.2) is 43.0 Å². The molecule has 2 rings (SSSR count). The van der Waals surface area contributed by atoms with E-state index in [0.29, 0.717) is 19.5 Å². The fourth-order valence-corrected chi connectivity index (χ4v) is 2.68. The van der Waals surface area contributed by atoms with E-state index in [1.165, 1.54) is 0 Å². The van der Waals surface area contributed by atoms with Crippen LogP contribution in [0.5, 0.6) is 0 Å². The van der Waals surface area contributed by atoms with Crippen LogP contribution in [0, 0.1) is 5.41 Å². The molecular formula is C18H26N4O2. The van der Waals surface area contributed by atoms with Gasteiger partial charge in [-0.15, -0.1) is 0 Å². The minimum atomic E-state index is -0.379. The molecule has 0 aliphatic rings. The molecule has 0 bridgehead atoms. The number of imidazole rings is 1. The molecule has 24 heavy (non-hydrogen) atoms. The Hall–Kier alpha value is -2.34.